The van der Waals surface area contributed by atoms with Crippen molar-refractivity contribution in [2.75, 3.05) is 26.7 Å². The normalized spacial score (nSPS) is 20.2. The van der Waals surface area contributed by atoms with Crippen LogP contribution in [-0.2, 0) is 25.7 Å². The highest BCUT2D eigenvalue weighted by Gasteiger charge is 2.45. The molecule has 1 saturated heterocycles. The number of likely N-dealkylation sites (N-methyl/N-ethyl adjacent to an activating group) is 1. The van der Waals surface area contributed by atoms with Crippen LogP contribution in [0.3, 0.4) is 0 Å². The van der Waals surface area contributed by atoms with E-state index in [0.717, 1.165) is 51.1 Å². The third kappa shape index (κ3) is 2.85. The predicted molar refractivity (Wildman–Crippen MR) is 108 cm³/mol. The number of likely N-dealkylation sites (tertiary alicyclic amines) is 1. The van der Waals surface area contributed by atoms with Crippen molar-refractivity contribution in [2.24, 2.45) is 7.05 Å². The molecule has 0 radical (unpaired) electrons. The second-order valence-corrected chi connectivity index (χ2v) is 8.66. The third-order valence-corrected chi connectivity index (χ3v) is 7.06. The average Bonchev–Trinajstić information content (AvgIpc) is 3.41. The van der Waals surface area contributed by atoms with Gasteiger partial charge in [-0.15, -0.1) is 0 Å². The number of aromatic nitrogens is 4. The van der Waals surface area contributed by atoms with Crippen molar-refractivity contribution in [3.63, 3.8) is 0 Å². The molecule has 0 aromatic carbocycles. The number of imidazole rings is 1. The molecule has 0 unspecified atom stereocenters. The summed E-state index contributed by atoms with van der Waals surface area (Å²) in [5.41, 5.74) is 3.86. The van der Waals surface area contributed by atoms with E-state index < -0.39 is 0 Å². The number of aryl methyl sites for hydroxylation is 1. The second kappa shape index (κ2) is 6.58. The van der Waals surface area contributed by atoms with Gasteiger partial charge in [0.2, 0.25) is 0 Å². The van der Waals surface area contributed by atoms with Crippen LogP contribution in [0, 0.1) is 0 Å². The first kappa shape index (κ1) is 17.2. The molecule has 27 heavy (non-hydrogen) atoms. The van der Waals surface area contributed by atoms with Gasteiger partial charge in [0.1, 0.15) is 5.82 Å². The van der Waals surface area contributed by atoms with Crippen molar-refractivity contribution in [3.8, 4) is 11.3 Å². The van der Waals surface area contributed by atoms with Gasteiger partial charge in [-0.1, -0.05) is 0 Å². The first-order valence-electron chi connectivity index (χ1n) is 9.65. The van der Waals surface area contributed by atoms with Crippen LogP contribution < -0.4 is 0 Å². The number of fused-ring (bicyclic) bond motifs is 2. The van der Waals surface area contributed by atoms with Gasteiger partial charge >= 0.3 is 0 Å². The molecular weight excluding hydrogens is 356 g/mol. The van der Waals surface area contributed by atoms with Crippen molar-refractivity contribution < 1.29 is 0 Å². The number of rotatable bonds is 3. The van der Waals surface area contributed by atoms with Crippen molar-refractivity contribution in [1.29, 1.82) is 0 Å². The number of nitrogens with zero attached hydrogens (tertiary/aromatic N) is 6. The summed E-state index contributed by atoms with van der Waals surface area (Å²) in [4.78, 5) is 10.1. The minimum absolute atomic E-state index is 0.0594. The van der Waals surface area contributed by atoms with E-state index in [-0.39, 0.29) is 5.54 Å². The summed E-state index contributed by atoms with van der Waals surface area (Å²) in [7, 11) is 4.24. The summed E-state index contributed by atoms with van der Waals surface area (Å²) < 4.78 is 4.30. The zero-order valence-corrected chi connectivity index (χ0v) is 16.8. The fourth-order valence-electron chi connectivity index (χ4n) is 4.72. The molecule has 6 nitrogen and oxygen atoms in total. The molecule has 1 spiro atoms. The molecule has 5 rings (SSSR count). The van der Waals surface area contributed by atoms with E-state index in [2.05, 4.69) is 49.5 Å². The van der Waals surface area contributed by atoms with E-state index in [1.807, 2.05) is 24.1 Å². The van der Waals surface area contributed by atoms with Crippen LogP contribution >= 0.6 is 11.3 Å². The van der Waals surface area contributed by atoms with Gasteiger partial charge in [-0.25, -0.2) is 4.98 Å². The lowest BCUT2D eigenvalue weighted by Crippen LogP contribution is -2.56. The van der Waals surface area contributed by atoms with Crippen LogP contribution in [0.25, 0.3) is 11.3 Å². The highest BCUT2D eigenvalue weighted by molar-refractivity contribution is 7.07. The van der Waals surface area contributed by atoms with E-state index in [1.165, 1.54) is 17.1 Å². The molecule has 0 bridgehead atoms. The summed E-state index contributed by atoms with van der Waals surface area (Å²) in [5, 5.41) is 8.79. The van der Waals surface area contributed by atoms with E-state index in [1.54, 1.807) is 11.3 Å². The van der Waals surface area contributed by atoms with Gasteiger partial charge in [0.15, 0.2) is 0 Å². The SMILES string of the molecule is CN1CCn2c(-c3cnn(C)c3)cnc2C12CCN(Cc1ccsc1)CC2. The molecule has 5 heterocycles. The van der Waals surface area contributed by atoms with E-state index in [9.17, 15) is 0 Å². The molecule has 0 amide bonds. The van der Waals surface area contributed by atoms with Crippen LogP contribution in [0.5, 0.6) is 0 Å². The molecule has 2 aliphatic rings. The van der Waals surface area contributed by atoms with Crippen LogP contribution in [0.2, 0.25) is 0 Å². The Balaban J connectivity index is 1.42. The smallest absolute Gasteiger partial charge is 0.129 e. The van der Waals surface area contributed by atoms with Crippen molar-refractivity contribution in [1.82, 2.24) is 29.1 Å². The maximum absolute atomic E-state index is 4.94. The molecule has 1 fully saturated rings. The van der Waals surface area contributed by atoms with Crippen LogP contribution in [0.15, 0.2) is 35.4 Å². The maximum Gasteiger partial charge on any atom is 0.129 e. The minimum Gasteiger partial charge on any atom is -0.325 e. The fourth-order valence-corrected chi connectivity index (χ4v) is 5.38. The molecule has 0 atom stereocenters. The highest BCUT2D eigenvalue weighted by Crippen LogP contribution is 2.41. The zero-order valence-electron chi connectivity index (χ0n) is 16.0. The second-order valence-electron chi connectivity index (χ2n) is 7.88. The van der Waals surface area contributed by atoms with Gasteiger partial charge in [-0.05, 0) is 42.3 Å². The summed E-state index contributed by atoms with van der Waals surface area (Å²) in [6, 6.07) is 2.24. The van der Waals surface area contributed by atoms with E-state index in [4.69, 9.17) is 4.98 Å². The summed E-state index contributed by atoms with van der Waals surface area (Å²) in [5.74, 6) is 1.24. The topological polar surface area (TPSA) is 42.1 Å². The lowest BCUT2D eigenvalue weighted by atomic mass is 9.83. The lowest BCUT2D eigenvalue weighted by Gasteiger charge is -2.49. The van der Waals surface area contributed by atoms with E-state index in [0.29, 0.717) is 0 Å². The zero-order chi connectivity index (χ0) is 18.4. The predicted octanol–water partition coefficient (Wildman–Crippen LogP) is 2.78. The Morgan fingerprint density at radius 2 is 1.96 bits per heavy atom. The Morgan fingerprint density at radius 3 is 2.67 bits per heavy atom. The molecule has 7 heteroatoms. The summed E-state index contributed by atoms with van der Waals surface area (Å²) in [6.07, 6.45) is 8.34. The summed E-state index contributed by atoms with van der Waals surface area (Å²) >= 11 is 1.79. The van der Waals surface area contributed by atoms with Crippen molar-refractivity contribution in [2.45, 2.75) is 31.5 Å². The van der Waals surface area contributed by atoms with Gasteiger partial charge in [0, 0.05) is 51.5 Å². The molecule has 3 aromatic rings. The third-order valence-electron chi connectivity index (χ3n) is 6.33. The average molecular weight is 383 g/mol. The Morgan fingerprint density at radius 1 is 1.11 bits per heavy atom. The van der Waals surface area contributed by atoms with Gasteiger partial charge < -0.3 is 4.57 Å². The van der Waals surface area contributed by atoms with Crippen molar-refractivity contribution >= 4 is 11.3 Å². The first-order chi connectivity index (χ1) is 13.2. The fraction of sp³-hybridized carbons (Fsp3) is 0.500. The highest BCUT2D eigenvalue weighted by atomic mass is 32.1. The lowest BCUT2D eigenvalue weighted by molar-refractivity contribution is 0.00703. The quantitative estimate of drug-likeness (QED) is 0.699. The van der Waals surface area contributed by atoms with Gasteiger partial charge in [-0.2, -0.15) is 16.4 Å². The van der Waals surface area contributed by atoms with Crippen LogP contribution in [0.1, 0.15) is 24.2 Å². The number of hydrogen-bond donors (Lipinski definition) is 0. The van der Waals surface area contributed by atoms with Crippen LogP contribution in [-0.4, -0.2) is 55.8 Å². The molecule has 2 aliphatic heterocycles. The number of piperidine rings is 1. The molecular formula is C20H26N6S. The minimum atomic E-state index is 0.0594. The van der Waals surface area contributed by atoms with Crippen molar-refractivity contribution in [3.05, 3.63) is 46.8 Å². The van der Waals surface area contributed by atoms with Gasteiger partial charge in [0.05, 0.1) is 23.6 Å². The summed E-state index contributed by atoms with van der Waals surface area (Å²) in [6.45, 7) is 5.38. The monoisotopic (exact) mass is 382 g/mol. The van der Waals surface area contributed by atoms with Crippen LogP contribution in [0.4, 0.5) is 0 Å². The van der Waals surface area contributed by atoms with Gasteiger partial charge in [0.25, 0.3) is 0 Å². The molecule has 3 aromatic heterocycles. The molecule has 0 saturated carbocycles. The number of thiophene rings is 1. The molecule has 0 N–H and O–H groups in total. The molecule has 142 valence electrons. The number of hydrogen-bond acceptors (Lipinski definition) is 5. The van der Waals surface area contributed by atoms with Gasteiger partial charge in [-0.3, -0.25) is 14.5 Å². The Hall–Kier alpha value is -1.96. The Kier molecular flexibility index (Phi) is 4.18. The first-order valence-corrected chi connectivity index (χ1v) is 10.6. The molecule has 0 aliphatic carbocycles. The largest absolute Gasteiger partial charge is 0.325 e. The van der Waals surface area contributed by atoms with E-state index >= 15 is 0 Å². The maximum atomic E-state index is 4.94. The Bertz CT molecular complexity index is 916. The standard InChI is InChI=1S/C20H26N6S/c1-23-8-9-26-18(17-11-22-24(2)14-17)12-21-19(26)20(23)4-6-25(7-5-20)13-16-3-10-27-15-16/h3,10-12,14-15H,4-9,13H2,1-2H3. The Labute approximate surface area is 164 Å².